The molecule has 0 saturated heterocycles. The van der Waals surface area contributed by atoms with Gasteiger partial charge < -0.3 is 10.6 Å². The van der Waals surface area contributed by atoms with Crippen LogP contribution in [0.15, 0.2) is 16.7 Å². The van der Waals surface area contributed by atoms with Gasteiger partial charge in [0.05, 0.1) is 5.02 Å². The molecule has 1 rings (SSSR count). The van der Waals surface area contributed by atoms with Crippen LogP contribution in [0, 0.1) is 5.41 Å². The van der Waals surface area contributed by atoms with Crippen molar-refractivity contribution in [3.05, 3.63) is 21.8 Å². The predicted molar refractivity (Wildman–Crippen MR) is 82.3 cm³/mol. The third-order valence-electron chi connectivity index (χ3n) is 2.75. The van der Waals surface area contributed by atoms with E-state index in [2.05, 4.69) is 46.6 Å². The van der Waals surface area contributed by atoms with Gasteiger partial charge in [-0.3, -0.25) is 0 Å². The van der Waals surface area contributed by atoms with Crippen LogP contribution in [-0.4, -0.2) is 24.6 Å². The molecule has 2 N–H and O–H groups in total. The lowest BCUT2D eigenvalue weighted by Gasteiger charge is -2.33. The molecule has 0 fully saturated rings. The van der Waals surface area contributed by atoms with E-state index < -0.39 is 0 Å². The molecule has 102 valence electrons. The van der Waals surface area contributed by atoms with Crippen LogP contribution >= 0.6 is 27.5 Å². The van der Waals surface area contributed by atoms with Gasteiger partial charge in [0, 0.05) is 23.8 Å². The lowest BCUT2D eigenvalue weighted by Crippen LogP contribution is -2.39. The van der Waals surface area contributed by atoms with Gasteiger partial charge >= 0.3 is 0 Å². The van der Waals surface area contributed by atoms with Crippen molar-refractivity contribution >= 4 is 33.3 Å². The van der Waals surface area contributed by atoms with E-state index in [9.17, 15) is 0 Å². The summed E-state index contributed by atoms with van der Waals surface area (Å²) in [6, 6.07) is 1.88. The molecule has 0 saturated carbocycles. The zero-order chi connectivity index (χ0) is 13.8. The van der Waals surface area contributed by atoms with Crippen molar-refractivity contribution in [3.63, 3.8) is 0 Å². The van der Waals surface area contributed by atoms with Gasteiger partial charge in [-0.2, -0.15) is 0 Å². The molecule has 0 radical (unpaired) electrons. The fourth-order valence-electron chi connectivity index (χ4n) is 1.75. The highest BCUT2D eigenvalue weighted by Crippen LogP contribution is 2.28. The molecule has 0 aliphatic carbocycles. The number of hydrogen-bond acceptors (Lipinski definition) is 3. The van der Waals surface area contributed by atoms with Crippen molar-refractivity contribution < 1.29 is 0 Å². The smallest absolute Gasteiger partial charge is 0.147 e. The Balaban J connectivity index is 2.97. The molecular weight excluding hydrogens is 314 g/mol. The molecular formula is C13H21BrClN3. The minimum atomic E-state index is 0.0489. The van der Waals surface area contributed by atoms with Gasteiger partial charge in [0.25, 0.3) is 0 Å². The molecule has 0 unspecified atom stereocenters. The van der Waals surface area contributed by atoms with E-state index in [-0.39, 0.29) is 5.41 Å². The molecule has 0 spiro atoms. The molecule has 0 bridgehead atoms. The molecule has 0 amide bonds. The zero-order valence-corrected chi connectivity index (χ0v) is 13.6. The Morgan fingerprint density at radius 3 is 2.67 bits per heavy atom. The van der Waals surface area contributed by atoms with Crippen LogP contribution in [0.3, 0.4) is 0 Å². The summed E-state index contributed by atoms with van der Waals surface area (Å²) < 4.78 is 0.894. The number of aromatic nitrogens is 1. The summed E-state index contributed by atoms with van der Waals surface area (Å²) in [4.78, 5) is 6.63. The van der Waals surface area contributed by atoms with Crippen LogP contribution in [0.4, 0.5) is 5.82 Å². The Kier molecular flexibility index (Phi) is 5.89. The highest BCUT2D eigenvalue weighted by molar-refractivity contribution is 9.10. The summed E-state index contributed by atoms with van der Waals surface area (Å²) in [6.07, 6.45) is 2.83. The summed E-state index contributed by atoms with van der Waals surface area (Å²) in [6.45, 7) is 8.88. The lowest BCUT2D eigenvalue weighted by molar-refractivity contribution is 0.376. The maximum atomic E-state index is 6.27. The molecule has 0 aromatic carbocycles. The molecule has 5 heteroatoms. The normalized spacial score (nSPS) is 11.7. The molecule has 1 heterocycles. The van der Waals surface area contributed by atoms with Crippen LogP contribution < -0.4 is 10.6 Å². The first-order valence-corrected chi connectivity index (χ1v) is 7.33. The third-order valence-corrected chi connectivity index (χ3v) is 3.46. The Labute approximate surface area is 123 Å². The van der Waals surface area contributed by atoms with Gasteiger partial charge in [-0.05, 0) is 40.4 Å². The summed E-state index contributed by atoms with van der Waals surface area (Å²) in [5.41, 5.74) is 5.85. The standard InChI is InChI=1S/C13H21BrClN3/c1-4-5-18(9-13(2,3)8-16)12-11(15)6-10(14)7-17-12/h6-7H,4-5,8-9,16H2,1-3H3. The molecule has 3 nitrogen and oxygen atoms in total. The highest BCUT2D eigenvalue weighted by atomic mass is 79.9. The number of nitrogens with zero attached hydrogens (tertiary/aromatic N) is 2. The molecule has 0 aliphatic heterocycles. The number of anilines is 1. The van der Waals surface area contributed by atoms with Crippen LogP contribution in [0.1, 0.15) is 27.2 Å². The van der Waals surface area contributed by atoms with Crippen molar-refractivity contribution in [2.24, 2.45) is 11.1 Å². The van der Waals surface area contributed by atoms with Crippen molar-refractivity contribution in [2.75, 3.05) is 24.5 Å². The Bertz CT molecular complexity index is 396. The molecule has 0 atom stereocenters. The van der Waals surface area contributed by atoms with Gasteiger partial charge in [0.15, 0.2) is 0 Å². The average Bonchev–Trinajstić information content (AvgIpc) is 2.28. The fourth-order valence-corrected chi connectivity index (χ4v) is 2.50. The van der Waals surface area contributed by atoms with Crippen molar-refractivity contribution in [2.45, 2.75) is 27.2 Å². The first-order chi connectivity index (χ1) is 8.39. The van der Waals surface area contributed by atoms with E-state index in [0.29, 0.717) is 11.6 Å². The summed E-state index contributed by atoms with van der Waals surface area (Å²) >= 11 is 9.64. The topological polar surface area (TPSA) is 42.1 Å². The molecule has 18 heavy (non-hydrogen) atoms. The van der Waals surface area contributed by atoms with Gasteiger partial charge in [-0.1, -0.05) is 32.4 Å². The molecule has 1 aromatic heterocycles. The van der Waals surface area contributed by atoms with Crippen LogP contribution in [-0.2, 0) is 0 Å². The van der Waals surface area contributed by atoms with Crippen molar-refractivity contribution in [1.82, 2.24) is 4.98 Å². The van der Waals surface area contributed by atoms with Crippen LogP contribution in [0.25, 0.3) is 0 Å². The predicted octanol–water partition coefficient (Wildman–Crippen LogP) is 3.70. The summed E-state index contributed by atoms with van der Waals surface area (Å²) in [7, 11) is 0. The van der Waals surface area contributed by atoms with E-state index in [1.54, 1.807) is 6.20 Å². The van der Waals surface area contributed by atoms with Gasteiger partial charge in [0.1, 0.15) is 5.82 Å². The van der Waals surface area contributed by atoms with E-state index in [0.717, 1.165) is 29.8 Å². The highest BCUT2D eigenvalue weighted by Gasteiger charge is 2.22. The Morgan fingerprint density at radius 2 is 2.17 bits per heavy atom. The minimum Gasteiger partial charge on any atom is -0.355 e. The van der Waals surface area contributed by atoms with Crippen molar-refractivity contribution in [3.8, 4) is 0 Å². The maximum absolute atomic E-state index is 6.27. The Morgan fingerprint density at radius 1 is 1.50 bits per heavy atom. The van der Waals surface area contributed by atoms with E-state index >= 15 is 0 Å². The lowest BCUT2D eigenvalue weighted by atomic mass is 9.93. The quantitative estimate of drug-likeness (QED) is 0.862. The number of rotatable bonds is 6. The number of hydrogen-bond donors (Lipinski definition) is 1. The largest absolute Gasteiger partial charge is 0.355 e. The summed E-state index contributed by atoms with van der Waals surface area (Å²) in [5, 5.41) is 0.672. The van der Waals surface area contributed by atoms with E-state index in [1.165, 1.54) is 0 Å². The second kappa shape index (κ2) is 6.73. The van der Waals surface area contributed by atoms with E-state index in [1.807, 2.05) is 6.07 Å². The number of nitrogens with two attached hydrogens (primary N) is 1. The molecule has 1 aromatic rings. The van der Waals surface area contributed by atoms with Gasteiger partial charge in [-0.15, -0.1) is 0 Å². The van der Waals surface area contributed by atoms with E-state index in [4.69, 9.17) is 17.3 Å². The zero-order valence-electron chi connectivity index (χ0n) is 11.2. The fraction of sp³-hybridized carbons (Fsp3) is 0.615. The number of halogens is 2. The van der Waals surface area contributed by atoms with Gasteiger partial charge in [-0.25, -0.2) is 4.98 Å². The minimum absolute atomic E-state index is 0.0489. The SMILES string of the molecule is CCCN(CC(C)(C)CN)c1ncc(Br)cc1Cl. The first-order valence-electron chi connectivity index (χ1n) is 6.15. The first kappa shape index (κ1) is 15.7. The number of pyridine rings is 1. The second-order valence-electron chi connectivity index (χ2n) is 5.25. The average molecular weight is 335 g/mol. The van der Waals surface area contributed by atoms with Crippen molar-refractivity contribution in [1.29, 1.82) is 0 Å². The van der Waals surface area contributed by atoms with Crippen LogP contribution in [0.2, 0.25) is 5.02 Å². The second-order valence-corrected chi connectivity index (χ2v) is 6.57. The monoisotopic (exact) mass is 333 g/mol. The third kappa shape index (κ3) is 4.41. The van der Waals surface area contributed by atoms with Crippen LogP contribution in [0.5, 0.6) is 0 Å². The van der Waals surface area contributed by atoms with Gasteiger partial charge in [0.2, 0.25) is 0 Å². The molecule has 0 aliphatic rings. The Hall–Kier alpha value is -0.320. The maximum Gasteiger partial charge on any atom is 0.147 e. The summed E-state index contributed by atoms with van der Waals surface area (Å²) in [5.74, 6) is 0.836.